The van der Waals surface area contributed by atoms with Crippen LogP contribution < -0.4 is 15.4 Å². The molecule has 1 aromatic rings. The minimum Gasteiger partial charge on any atom is -0.497 e. The number of aryl methyl sites for hydroxylation is 1. The van der Waals surface area contributed by atoms with Gasteiger partial charge in [-0.3, -0.25) is 4.79 Å². The summed E-state index contributed by atoms with van der Waals surface area (Å²) in [5, 5.41) is 6.31. The maximum Gasteiger partial charge on any atom is 0.220 e. The van der Waals surface area contributed by atoms with Crippen LogP contribution in [0.5, 0.6) is 5.75 Å². The number of ether oxygens (including phenoxy) is 1. The van der Waals surface area contributed by atoms with Gasteiger partial charge in [0.2, 0.25) is 5.91 Å². The second kappa shape index (κ2) is 8.82. The summed E-state index contributed by atoms with van der Waals surface area (Å²) in [5.41, 5.74) is 1.25. The Balaban J connectivity index is 0.00000200. The zero-order valence-electron chi connectivity index (χ0n) is 11.9. The van der Waals surface area contributed by atoms with Crippen molar-refractivity contribution in [3.05, 3.63) is 29.8 Å². The Labute approximate surface area is 126 Å². The van der Waals surface area contributed by atoms with E-state index < -0.39 is 0 Å². The standard InChI is InChI=1S/C15H22N2O2.ClH/c1-19-14-7-5-12(6-8-14)3-2-4-15(18)17-13-9-10-16-11-13;/h5-8,13,16H,2-4,9-11H2,1H3,(H,17,18);1H. The lowest BCUT2D eigenvalue weighted by Crippen LogP contribution is -2.36. The van der Waals surface area contributed by atoms with Crippen LogP contribution in [0.15, 0.2) is 24.3 Å². The Bertz CT molecular complexity index is 403. The van der Waals surface area contributed by atoms with E-state index in [1.165, 1.54) is 5.56 Å². The van der Waals surface area contributed by atoms with Crippen molar-refractivity contribution >= 4 is 18.3 Å². The maximum atomic E-state index is 11.7. The molecule has 1 aliphatic rings. The van der Waals surface area contributed by atoms with Crippen molar-refractivity contribution in [1.29, 1.82) is 0 Å². The van der Waals surface area contributed by atoms with Crippen LogP contribution in [0.4, 0.5) is 0 Å². The van der Waals surface area contributed by atoms with Crippen LogP contribution in [0.2, 0.25) is 0 Å². The zero-order chi connectivity index (χ0) is 13.5. The van der Waals surface area contributed by atoms with E-state index in [2.05, 4.69) is 22.8 Å². The molecule has 0 radical (unpaired) electrons. The van der Waals surface area contributed by atoms with Crippen molar-refractivity contribution in [1.82, 2.24) is 10.6 Å². The molecule has 0 saturated carbocycles. The number of methoxy groups -OCH3 is 1. The van der Waals surface area contributed by atoms with E-state index >= 15 is 0 Å². The van der Waals surface area contributed by atoms with Crippen molar-refractivity contribution in [3.63, 3.8) is 0 Å². The molecule has 1 saturated heterocycles. The highest BCUT2D eigenvalue weighted by Gasteiger charge is 2.15. The second-order valence-corrected chi connectivity index (χ2v) is 4.96. The van der Waals surface area contributed by atoms with Gasteiger partial charge in [-0.05, 0) is 43.5 Å². The van der Waals surface area contributed by atoms with Gasteiger partial charge in [0.1, 0.15) is 5.75 Å². The van der Waals surface area contributed by atoms with Gasteiger partial charge < -0.3 is 15.4 Å². The summed E-state index contributed by atoms with van der Waals surface area (Å²) in [4.78, 5) is 11.7. The number of carbonyl (C=O) groups is 1. The lowest BCUT2D eigenvalue weighted by Gasteiger charge is -2.11. The average Bonchev–Trinajstić information content (AvgIpc) is 2.92. The minimum atomic E-state index is 0. The van der Waals surface area contributed by atoms with Crippen LogP contribution in [0.25, 0.3) is 0 Å². The molecular formula is C15H23ClN2O2. The molecule has 0 bridgehead atoms. The normalized spacial score (nSPS) is 17.4. The van der Waals surface area contributed by atoms with Crippen molar-refractivity contribution in [2.75, 3.05) is 20.2 Å². The third kappa shape index (κ3) is 5.39. The molecule has 0 aromatic heterocycles. The van der Waals surface area contributed by atoms with Gasteiger partial charge in [-0.15, -0.1) is 12.4 Å². The summed E-state index contributed by atoms with van der Waals surface area (Å²) in [6.07, 6.45) is 3.46. The zero-order valence-corrected chi connectivity index (χ0v) is 12.7. The first-order valence-electron chi connectivity index (χ1n) is 6.91. The summed E-state index contributed by atoms with van der Waals surface area (Å²) >= 11 is 0. The Morgan fingerprint density at radius 3 is 2.75 bits per heavy atom. The van der Waals surface area contributed by atoms with Gasteiger partial charge in [-0.1, -0.05) is 12.1 Å². The smallest absolute Gasteiger partial charge is 0.220 e. The van der Waals surface area contributed by atoms with Crippen LogP contribution in [-0.4, -0.2) is 32.1 Å². The number of nitrogens with one attached hydrogen (secondary N) is 2. The first-order valence-corrected chi connectivity index (χ1v) is 6.91. The van der Waals surface area contributed by atoms with Crippen LogP contribution in [0, 0.1) is 0 Å². The molecule has 1 fully saturated rings. The van der Waals surface area contributed by atoms with Gasteiger partial charge >= 0.3 is 0 Å². The molecule has 4 nitrogen and oxygen atoms in total. The fourth-order valence-corrected chi connectivity index (χ4v) is 2.32. The van der Waals surface area contributed by atoms with E-state index in [4.69, 9.17) is 4.74 Å². The molecule has 1 aromatic carbocycles. The van der Waals surface area contributed by atoms with E-state index in [0.717, 1.165) is 38.1 Å². The Hall–Kier alpha value is -1.26. The van der Waals surface area contributed by atoms with Crippen molar-refractivity contribution < 1.29 is 9.53 Å². The largest absolute Gasteiger partial charge is 0.497 e. The molecule has 1 atom stereocenters. The summed E-state index contributed by atoms with van der Waals surface area (Å²) in [6, 6.07) is 8.35. The highest BCUT2D eigenvalue weighted by atomic mass is 35.5. The first kappa shape index (κ1) is 16.8. The van der Waals surface area contributed by atoms with E-state index in [1.54, 1.807) is 7.11 Å². The van der Waals surface area contributed by atoms with Gasteiger partial charge in [0.25, 0.3) is 0 Å². The van der Waals surface area contributed by atoms with Gasteiger partial charge in [-0.2, -0.15) is 0 Å². The molecule has 0 aliphatic carbocycles. The summed E-state index contributed by atoms with van der Waals surface area (Å²) in [6.45, 7) is 1.92. The number of carbonyl (C=O) groups excluding carboxylic acids is 1. The SMILES string of the molecule is COc1ccc(CCCC(=O)NC2CCNC2)cc1.Cl. The number of rotatable bonds is 6. The number of hydrogen-bond donors (Lipinski definition) is 2. The maximum absolute atomic E-state index is 11.7. The van der Waals surface area contributed by atoms with Crippen LogP contribution in [0.1, 0.15) is 24.8 Å². The molecule has 2 N–H and O–H groups in total. The van der Waals surface area contributed by atoms with E-state index in [1.807, 2.05) is 12.1 Å². The molecule has 20 heavy (non-hydrogen) atoms. The monoisotopic (exact) mass is 298 g/mol. The summed E-state index contributed by atoms with van der Waals surface area (Å²) in [5.74, 6) is 1.04. The van der Waals surface area contributed by atoms with Gasteiger partial charge in [0.05, 0.1) is 7.11 Å². The van der Waals surface area contributed by atoms with E-state index in [-0.39, 0.29) is 18.3 Å². The molecule has 5 heteroatoms. The Kier molecular flexibility index (Phi) is 7.41. The average molecular weight is 299 g/mol. The molecule has 1 heterocycles. The van der Waals surface area contributed by atoms with Crippen molar-refractivity contribution in [3.8, 4) is 5.75 Å². The number of amides is 1. The third-order valence-electron chi connectivity index (χ3n) is 3.45. The Morgan fingerprint density at radius 2 is 2.15 bits per heavy atom. The molecular weight excluding hydrogens is 276 g/mol. The summed E-state index contributed by atoms with van der Waals surface area (Å²) in [7, 11) is 1.66. The molecule has 1 aliphatic heterocycles. The van der Waals surface area contributed by atoms with Crippen LogP contribution in [0.3, 0.4) is 0 Å². The van der Waals surface area contributed by atoms with E-state index in [0.29, 0.717) is 12.5 Å². The predicted molar refractivity (Wildman–Crippen MR) is 82.6 cm³/mol. The van der Waals surface area contributed by atoms with Crippen LogP contribution >= 0.6 is 12.4 Å². The number of benzene rings is 1. The minimum absolute atomic E-state index is 0. The third-order valence-corrected chi connectivity index (χ3v) is 3.45. The fraction of sp³-hybridized carbons (Fsp3) is 0.533. The lowest BCUT2D eigenvalue weighted by atomic mass is 10.1. The number of hydrogen-bond acceptors (Lipinski definition) is 3. The second-order valence-electron chi connectivity index (χ2n) is 4.96. The van der Waals surface area contributed by atoms with Gasteiger partial charge in [0, 0.05) is 19.0 Å². The van der Waals surface area contributed by atoms with Crippen molar-refractivity contribution in [2.24, 2.45) is 0 Å². The lowest BCUT2D eigenvalue weighted by molar-refractivity contribution is -0.121. The van der Waals surface area contributed by atoms with Gasteiger partial charge in [0.15, 0.2) is 0 Å². The van der Waals surface area contributed by atoms with Crippen LogP contribution in [-0.2, 0) is 11.2 Å². The quantitative estimate of drug-likeness (QED) is 0.843. The molecule has 0 spiro atoms. The highest BCUT2D eigenvalue weighted by Crippen LogP contribution is 2.13. The van der Waals surface area contributed by atoms with E-state index in [9.17, 15) is 4.79 Å². The highest BCUT2D eigenvalue weighted by molar-refractivity contribution is 5.85. The van der Waals surface area contributed by atoms with Crippen molar-refractivity contribution in [2.45, 2.75) is 31.7 Å². The fourth-order valence-electron chi connectivity index (χ4n) is 2.32. The topological polar surface area (TPSA) is 50.4 Å². The first-order chi connectivity index (χ1) is 9.28. The molecule has 1 unspecified atom stereocenters. The Morgan fingerprint density at radius 1 is 1.40 bits per heavy atom. The predicted octanol–water partition coefficient (Wildman–Crippen LogP) is 1.92. The molecule has 112 valence electrons. The van der Waals surface area contributed by atoms with Gasteiger partial charge in [-0.25, -0.2) is 0 Å². The molecule has 2 rings (SSSR count). The summed E-state index contributed by atoms with van der Waals surface area (Å²) < 4.78 is 5.12. The molecule has 1 amide bonds. The number of halogens is 1.